The minimum atomic E-state index is 0.212. The molecular formula is C14H16BrNO. The quantitative estimate of drug-likeness (QED) is 0.882. The number of hydrogen-bond donors (Lipinski definition) is 1. The van der Waals surface area contributed by atoms with Crippen LogP contribution in [0.5, 0.6) is 0 Å². The Hall–Kier alpha value is -0.830. The highest BCUT2D eigenvalue weighted by molar-refractivity contribution is 9.10. The van der Waals surface area contributed by atoms with Gasteiger partial charge in [-0.1, -0.05) is 18.6 Å². The highest BCUT2D eigenvalue weighted by Crippen LogP contribution is 2.48. The largest absolute Gasteiger partial charge is 0.325 e. The van der Waals surface area contributed by atoms with Gasteiger partial charge in [0.25, 0.3) is 0 Å². The molecular weight excluding hydrogens is 278 g/mol. The fourth-order valence-electron chi connectivity index (χ4n) is 3.35. The van der Waals surface area contributed by atoms with Crippen molar-refractivity contribution in [1.29, 1.82) is 0 Å². The smallest absolute Gasteiger partial charge is 0.227 e. The summed E-state index contributed by atoms with van der Waals surface area (Å²) in [5.41, 5.74) is 0.889. The van der Waals surface area contributed by atoms with Crippen LogP contribution in [-0.4, -0.2) is 5.91 Å². The molecule has 17 heavy (non-hydrogen) atoms. The number of carbonyl (C=O) groups is 1. The average molecular weight is 294 g/mol. The molecule has 0 radical (unpaired) electrons. The van der Waals surface area contributed by atoms with Gasteiger partial charge in [0, 0.05) is 10.4 Å². The highest BCUT2D eigenvalue weighted by atomic mass is 79.9. The van der Waals surface area contributed by atoms with Gasteiger partial charge in [0.1, 0.15) is 0 Å². The number of anilines is 1. The van der Waals surface area contributed by atoms with Crippen molar-refractivity contribution in [3.05, 3.63) is 28.7 Å². The zero-order valence-electron chi connectivity index (χ0n) is 9.66. The summed E-state index contributed by atoms with van der Waals surface area (Å²) in [5, 5.41) is 3.05. The van der Waals surface area contributed by atoms with Crippen molar-refractivity contribution in [2.75, 3.05) is 5.32 Å². The number of hydrogen-bond acceptors (Lipinski definition) is 1. The van der Waals surface area contributed by atoms with Crippen LogP contribution in [0.15, 0.2) is 28.7 Å². The number of halogens is 1. The first-order valence-corrected chi connectivity index (χ1v) is 7.08. The van der Waals surface area contributed by atoms with Gasteiger partial charge in [-0.25, -0.2) is 0 Å². The standard InChI is InChI=1S/C14H16BrNO/c15-12-3-1-2-4-13(12)16-14(17)11-8-9-5-6-10(11)7-9/h1-4,9-11H,5-8H2,(H,16,17)/t9-,10+,11-/m1/s1. The second kappa shape index (κ2) is 4.45. The minimum absolute atomic E-state index is 0.212. The van der Waals surface area contributed by atoms with Crippen molar-refractivity contribution in [3.63, 3.8) is 0 Å². The van der Waals surface area contributed by atoms with Crippen LogP contribution >= 0.6 is 15.9 Å². The maximum absolute atomic E-state index is 12.2. The lowest BCUT2D eigenvalue weighted by molar-refractivity contribution is -0.121. The van der Waals surface area contributed by atoms with Crippen molar-refractivity contribution < 1.29 is 4.79 Å². The number of carbonyl (C=O) groups excluding carboxylic acids is 1. The van der Waals surface area contributed by atoms with Crippen LogP contribution in [0.25, 0.3) is 0 Å². The van der Waals surface area contributed by atoms with Gasteiger partial charge in [0.15, 0.2) is 0 Å². The first-order chi connectivity index (χ1) is 8.24. The Kier molecular flexibility index (Phi) is 2.95. The summed E-state index contributed by atoms with van der Waals surface area (Å²) in [6, 6.07) is 7.80. The van der Waals surface area contributed by atoms with Crippen LogP contribution in [0.1, 0.15) is 25.7 Å². The van der Waals surface area contributed by atoms with Crippen molar-refractivity contribution in [2.45, 2.75) is 25.7 Å². The third kappa shape index (κ3) is 2.13. The van der Waals surface area contributed by atoms with E-state index in [0.717, 1.165) is 22.5 Å². The number of nitrogens with one attached hydrogen (secondary N) is 1. The lowest BCUT2D eigenvalue weighted by atomic mass is 9.88. The predicted octanol–water partition coefficient (Wildman–Crippen LogP) is 3.82. The van der Waals surface area contributed by atoms with Crippen molar-refractivity contribution >= 4 is 27.5 Å². The first kappa shape index (κ1) is 11.3. The van der Waals surface area contributed by atoms with Gasteiger partial charge in [-0.2, -0.15) is 0 Å². The monoisotopic (exact) mass is 293 g/mol. The summed E-state index contributed by atoms with van der Waals surface area (Å²) in [5.74, 6) is 1.92. The normalized spacial score (nSPS) is 30.5. The molecule has 2 aliphatic rings. The summed E-state index contributed by atoms with van der Waals surface area (Å²) in [4.78, 5) is 12.2. The number of para-hydroxylation sites is 1. The van der Waals surface area contributed by atoms with E-state index in [1.54, 1.807) is 0 Å². The second-order valence-corrected chi connectivity index (χ2v) is 6.10. The Morgan fingerprint density at radius 3 is 2.71 bits per heavy atom. The molecule has 0 saturated heterocycles. The zero-order chi connectivity index (χ0) is 11.8. The molecule has 2 bridgehead atoms. The second-order valence-electron chi connectivity index (χ2n) is 5.25. The summed E-state index contributed by atoms with van der Waals surface area (Å²) in [7, 11) is 0. The van der Waals surface area contributed by atoms with Crippen LogP contribution in [0.4, 0.5) is 5.69 Å². The van der Waals surface area contributed by atoms with Gasteiger partial charge >= 0.3 is 0 Å². The Bertz CT molecular complexity index is 446. The Morgan fingerprint density at radius 1 is 1.24 bits per heavy atom. The Morgan fingerprint density at radius 2 is 2.06 bits per heavy atom. The molecule has 1 aromatic rings. The van der Waals surface area contributed by atoms with E-state index < -0.39 is 0 Å². The van der Waals surface area contributed by atoms with E-state index in [1.165, 1.54) is 19.3 Å². The Labute approximate surface area is 110 Å². The fourth-order valence-corrected chi connectivity index (χ4v) is 3.74. The van der Waals surface area contributed by atoms with Crippen LogP contribution in [0, 0.1) is 17.8 Å². The molecule has 0 aliphatic heterocycles. The van der Waals surface area contributed by atoms with Crippen LogP contribution in [-0.2, 0) is 4.79 Å². The lowest BCUT2D eigenvalue weighted by Crippen LogP contribution is -2.27. The molecule has 2 saturated carbocycles. The third-order valence-corrected chi connectivity index (χ3v) is 4.90. The predicted molar refractivity (Wildman–Crippen MR) is 71.7 cm³/mol. The van der Waals surface area contributed by atoms with Gasteiger partial charge < -0.3 is 5.32 Å². The highest BCUT2D eigenvalue weighted by Gasteiger charge is 2.43. The van der Waals surface area contributed by atoms with Crippen LogP contribution < -0.4 is 5.32 Å². The SMILES string of the molecule is O=C(Nc1ccccc1Br)[C@@H]1C[C@@H]2CC[C@H]1C2. The summed E-state index contributed by atoms with van der Waals surface area (Å²) >= 11 is 3.46. The van der Waals surface area contributed by atoms with Crippen molar-refractivity contribution in [3.8, 4) is 0 Å². The van der Waals surface area contributed by atoms with Crippen molar-refractivity contribution in [2.24, 2.45) is 17.8 Å². The molecule has 3 rings (SSSR count). The lowest BCUT2D eigenvalue weighted by Gasteiger charge is -2.21. The van der Waals surface area contributed by atoms with Gasteiger partial charge in [-0.05, 0) is 59.2 Å². The van der Waals surface area contributed by atoms with E-state index in [2.05, 4.69) is 21.2 Å². The minimum Gasteiger partial charge on any atom is -0.325 e. The maximum Gasteiger partial charge on any atom is 0.227 e. The van der Waals surface area contributed by atoms with Gasteiger partial charge in [0.05, 0.1) is 5.69 Å². The molecule has 3 atom stereocenters. The summed E-state index contributed by atoms with van der Waals surface area (Å²) in [6.45, 7) is 0. The molecule has 2 aliphatic carbocycles. The number of benzene rings is 1. The number of amides is 1. The van der Waals surface area contributed by atoms with Crippen LogP contribution in [0.3, 0.4) is 0 Å². The Balaban J connectivity index is 1.70. The van der Waals surface area contributed by atoms with E-state index in [1.807, 2.05) is 24.3 Å². The van der Waals surface area contributed by atoms with E-state index in [0.29, 0.717) is 5.92 Å². The molecule has 1 amide bonds. The zero-order valence-corrected chi connectivity index (χ0v) is 11.2. The maximum atomic E-state index is 12.2. The molecule has 1 aromatic carbocycles. The van der Waals surface area contributed by atoms with Crippen molar-refractivity contribution in [1.82, 2.24) is 0 Å². The number of rotatable bonds is 2. The molecule has 0 aromatic heterocycles. The third-order valence-electron chi connectivity index (χ3n) is 4.21. The molecule has 0 heterocycles. The molecule has 0 spiro atoms. The average Bonchev–Trinajstić information content (AvgIpc) is 2.94. The number of fused-ring (bicyclic) bond motifs is 2. The summed E-state index contributed by atoms with van der Waals surface area (Å²) < 4.78 is 0.955. The van der Waals surface area contributed by atoms with E-state index in [-0.39, 0.29) is 11.8 Å². The molecule has 2 fully saturated rings. The first-order valence-electron chi connectivity index (χ1n) is 6.29. The fraction of sp³-hybridized carbons (Fsp3) is 0.500. The van der Waals surface area contributed by atoms with Gasteiger partial charge in [-0.15, -0.1) is 0 Å². The molecule has 1 N–H and O–H groups in total. The molecule has 3 heteroatoms. The van der Waals surface area contributed by atoms with Gasteiger partial charge in [-0.3, -0.25) is 4.79 Å². The van der Waals surface area contributed by atoms with E-state index in [9.17, 15) is 4.79 Å². The van der Waals surface area contributed by atoms with E-state index in [4.69, 9.17) is 0 Å². The molecule has 90 valence electrons. The van der Waals surface area contributed by atoms with Gasteiger partial charge in [0.2, 0.25) is 5.91 Å². The van der Waals surface area contributed by atoms with E-state index >= 15 is 0 Å². The molecule has 0 unspecified atom stereocenters. The topological polar surface area (TPSA) is 29.1 Å². The molecule has 2 nitrogen and oxygen atoms in total. The summed E-state index contributed by atoms with van der Waals surface area (Å²) in [6.07, 6.45) is 4.96. The van der Waals surface area contributed by atoms with Crippen LogP contribution in [0.2, 0.25) is 0 Å².